The van der Waals surface area contributed by atoms with E-state index < -0.39 is 11.5 Å². The predicted octanol–water partition coefficient (Wildman–Crippen LogP) is 0.792. The van der Waals surface area contributed by atoms with Gasteiger partial charge in [-0.2, -0.15) is 5.10 Å². The summed E-state index contributed by atoms with van der Waals surface area (Å²) in [5.41, 5.74) is 1.22. The largest absolute Gasteiger partial charge is 0.380 e. The van der Waals surface area contributed by atoms with Crippen LogP contribution in [0.15, 0.2) is 43.0 Å². The Morgan fingerprint density at radius 3 is 2.77 bits per heavy atom. The Labute approximate surface area is 200 Å². The topological polar surface area (TPSA) is 149 Å². The SMILES string of the molecule is COCc1cc(-c2ccnc(Nc3cnn(C)c3)n2)nc(-n2cc([C@]3(O)CCN(C)C3=O)nn2)c1. The molecule has 35 heavy (non-hydrogen) atoms. The van der Waals surface area contributed by atoms with E-state index in [0.717, 1.165) is 11.3 Å². The first kappa shape index (κ1) is 22.6. The summed E-state index contributed by atoms with van der Waals surface area (Å²) < 4.78 is 8.43. The Kier molecular flexibility index (Phi) is 5.70. The number of nitrogens with one attached hydrogen (secondary N) is 1. The van der Waals surface area contributed by atoms with Crippen LogP contribution < -0.4 is 5.32 Å². The smallest absolute Gasteiger partial charge is 0.260 e. The lowest BCUT2D eigenvalue weighted by Crippen LogP contribution is -2.36. The third-order valence-corrected chi connectivity index (χ3v) is 5.72. The number of pyridine rings is 1. The third-order valence-electron chi connectivity index (χ3n) is 5.72. The van der Waals surface area contributed by atoms with Gasteiger partial charge < -0.3 is 20.1 Å². The maximum Gasteiger partial charge on any atom is 0.260 e. The number of aryl methyl sites for hydroxylation is 1. The van der Waals surface area contributed by atoms with Gasteiger partial charge in [-0.3, -0.25) is 9.48 Å². The molecule has 13 nitrogen and oxygen atoms in total. The van der Waals surface area contributed by atoms with Crippen LogP contribution in [0.1, 0.15) is 17.7 Å². The molecule has 1 amide bonds. The van der Waals surface area contributed by atoms with E-state index in [0.29, 0.717) is 36.3 Å². The summed E-state index contributed by atoms with van der Waals surface area (Å²) >= 11 is 0. The third kappa shape index (κ3) is 4.34. The van der Waals surface area contributed by atoms with Crippen molar-refractivity contribution in [1.82, 2.24) is 44.6 Å². The molecule has 0 bridgehead atoms. The van der Waals surface area contributed by atoms with Crippen LogP contribution in [0, 0.1) is 0 Å². The minimum absolute atomic E-state index is 0.178. The first-order chi connectivity index (χ1) is 16.9. The average molecular weight is 477 g/mol. The summed E-state index contributed by atoms with van der Waals surface area (Å²) in [6.07, 6.45) is 6.90. The van der Waals surface area contributed by atoms with Crippen molar-refractivity contribution in [3.8, 4) is 17.2 Å². The van der Waals surface area contributed by atoms with Gasteiger partial charge in [0.05, 0.1) is 36.1 Å². The van der Waals surface area contributed by atoms with Crippen molar-refractivity contribution in [2.45, 2.75) is 18.6 Å². The fourth-order valence-corrected chi connectivity index (χ4v) is 3.90. The van der Waals surface area contributed by atoms with Crippen LogP contribution in [0.5, 0.6) is 0 Å². The maximum atomic E-state index is 12.5. The summed E-state index contributed by atoms with van der Waals surface area (Å²) in [5.74, 6) is 0.433. The van der Waals surface area contributed by atoms with E-state index in [9.17, 15) is 9.90 Å². The van der Waals surface area contributed by atoms with Gasteiger partial charge in [-0.1, -0.05) is 5.21 Å². The number of aromatic nitrogens is 8. The van der Waals surface area contributed by atoms with Crippen molar-refractivity contribution in [3.63, 3.8) is 0 Å². The summed E-state index contributed by atoms with van der Waals surface area (Å²) in [7, 11) is 5.07. The molecule has 13 heteroatoms. The van der Waals surface area contributed by atoms with E-state index in [1.807, 2.05) is 19.3 Å². The molecule has 0 unspecified atom stereocenters. The molecule has 1 fully saturated rings. The Balaban J connectivity index is 1.49. The first-order valence-corrected chi connectivity index (χ1v) is 10.9. The number of nitrogens with zero attached hydrogens (tertiary/aromatic N) is 9. The van der Waals surface area contributed by atoms with E-state index >= 15 is 0 Å². The number of aliphatic hydroxyl groups is 1. The summed E-state index contributed by atoms with van der Waals surface area (Å²) in [5, 5.41) is 26.4. The van der Waals surface area contributed by atoms with Gasteiger partial charge in [0.15, 0.2) is 11.4 Å². The van der Waals surface area contributed by atoms with E-state index in [2.05, 4.69) is 30.7 Å². The van der Waals surface area contributed by atoms with Gasteiger partial charge >= 0.3 is 0 Å². The predicted molar refractivity (Wildman–Crippen MR) is 124 cm³/mol. The summed E-state index contributed by atoms with van der Waals surface area (Å²) in [6.45, 7) is 0.778. The van der Waals surface area contributed by atoms with E-state index in [1.54, 1.807) is 43.4 Å². The molecule has 5 heterocycles. The number of methoxy groups -OCH3 is 1. The average Bonchev–Trinajstić information content (AvgIpc) is 3.57. The molecule has 0 spiro atoms. The number of anilines is 2. The molecule has 4 aromatic heterocycles. The Hall–Kier alpha value is -4.23. The minimum atomic E-state index is -1.69. The quantitative estimate of drug-likeness (QED) is 0.392. The molecular weight excluding hydrogens is 452 g/mol. The molecule has 2 N–H and O–H groups in total. The van der Waals surface area contributed by atoms with Crippen LogP contribution in [0.25, 0.3) is 17.2 Å². The normalized spacial score (nSPS) is 17.8. The van der Waals surface area contributed by atoms with Crippen molar-refractivity contribution in [1.29, 1.82) is 0 Å². The molecule has 0 aromatic carbocycles. The van der Waals surface area contributed by atoms with Crippen molar-refractivity contribution >= 4 is 17.5 Å². The van der Waals surface area contributed by atoms with E-state index in [1.165, 1.54) is 15.8 Å². The number of carbonyl (C=O) groups is 1. The second-order valence-corrected chi connectivity index (χ2v) is 8.33. The van der Waals surface area contributed by atoms with Crippen LogP contribution in [-0.2, 0) is 28.8 Å². The van der Waals surface area contributed by atoms with Crippen LogP contribution >= 0.6 is 0 Å². The highest BCUT2D eigenvalue weighted by Crippen LogP contribution is 2.31. The zero-order valence-electron chi connectivity index (χ0n) is 19.5. The van der Waals surface area contributed by atoms with Gasteiger partial charge in [0.25, 0.3) is 5.91 Å². The zero-order valence-corrected chi connectivity index (χ0v) is 19.5. The number of amides is 1. The number of carbonyl (C=O) groups excluding carboxylic acids is 1. The fourth-order valence-electron chi connectivity index (χ4n) is 3.90. The second kappa shape index (κ2) is 8.85. The molecule has 5 rings (SSSR count). The molecule has 1 aliphatic rings. The molecule has 4 aromatic rings. The molecule has 1 atom stereocenters. The number of hydrogen-bond donors (Lipinski definition) is 2. The highest BCUT2D eigenvalue weighted by atomic mass is 16.5. The van der Waals surface area contributed by atoms with Gasteiger partial charge in [-0.05, 0) is 23.8 Å². The number of likely N-dealkylation sites (tertiary alicyclic amines) is 1. The fraction of sp³-hybridized carbons (Fsp3) is 0.318. The first-order valence-electron chi connectivity index (χ1n) is 10.9. The lowest BCUT2D eigenvalue weighted by Gasteiger charge is -2.17. The Morgan fingerprint density at radius 2 is 2.06 bits per heavy atom. The molecular formula is C22H24N10O3. The molecule has 0 radical (unpaired) electrons. The number of rotatable bonds is 7. The Morgan fingerprint density at radius 1 is 1.20 bits per heavy atom. The van der Waals surface area contributed by atoms with Crippen molar-refractivity contribution in [2.24, 2.45) is 7.05 Å². The summed E-state index contributed by atoms with van der Waals surface area (Å²) in [4.78, 5) is 27.5. The van der Waals surface area contributed by atoms with Gasteiger partial charge in [0, 0.05) is 46.6 Å². The second-order valence-electron chi connectivity index (χ2n) is 8.33. The zero-order chi connectivity index (χ0) is 24.6. The van der Waals surface area contributed by atoms with Crippen molar-refractivity contribution in [2.75, 3.05) is 26.0 Å². The lowest BCUT2D eigenvalue weighted by molar-refractivity contribution is -0.143. The van der Waals surface area contributed by atoms with E-state index in [-0.39, 0.29) is 12.1 Å². The molecule has 1 aliphatic heterocycles. The van der Waals surface area contributed by atoms with Crippen LogP contribution in [0.3, 0.4) is 0 Å². The van der Waals surface area contributed by atoms with Crippen molar-refractivity contribution < 1.29 is 14.6 Å². The molecule has 1 saturated heterocycles. The Bertz CT molecular complexity index is 1380. The van der Waals surface area contributed by atoms with Crippen LogP contribution in [0.2, 0.25) is 0 Å². The van der Waals surface area contributed by atoms with Crippen molar-refractivity contribution in [3.05, 3.63) is 54.2 Å². The molecule has 0 aliphatic carbocycles. The minimum Gasteiger partial charge on any atom is -0.380 e. The van der Waals surface area contributed by atoms with Gasteiger partial charge in [-0.15, -0.1) is 5.10 Å². The van der Waals surface area contributed by atoms with Crippen LogP contribution in [-0.4, -0.2) is 76.3 Å². The summed E-state index contributed by atoms with van der Waals surface area (Å²) in [6, 6.07) is 5.41. The highest BCUT2D eigenvalue weighted by molar-refractivity contribution is 5.87. The molecule has 0 saturated carbocycles. The number of hydrogen-bond acceptors (Lipinski definition) is 10. The van der Waals surface area contributed by atoms with E-state index in [4.69, 9.17) is 9.72 Å². The van der Waals surface area contributed by atoms with Gasteiger partial charge in [-0.25, -0.2) is 19.6 Å². The monoisotopic (exact) mass is 476 g/mol. The maximum absolute atomic E-state index is 12.5. The van der Waals surface area contributed by atoms with Gasteiger partial charge in [0.1, 0.15) is 5.69 Å². The van der Waals surface area contributed by atoms with Crippen LogP contribution in [0.4, 0.5) is 11.6 Å². The lowest BCUT2D eigenvalue weighted by atomic mass is 9.99. The standard InChI is InChI=1S/C22H24N10O3/c1-30-7-5-22(34,20(30)33)18-12-32(29-28-18)19-9-14(13-35-3)8-17(26-19)16-4-6-23-21(27-16)25-15-10-24-31(2)11-15/h4,6,8-12,34H,5,7,13H2,1-3H3,(H,23,25,27)/t22-/m1/s1. The van der Waals surface area contributed by atoms with Gasteiger partial charge in [0.2, 0.25) is 5.95 Å². The number of likely N-dealkylation sites (N-methyl/N-ethyl adjacent to an activating group) is 1. The molecule has 180 valence electrons. The number of ether oxygens (including phenoxy) is 1. The highest BCUT2D eigenvalue weighted by Gasteiger charge is 2.47.